The molecule has 0 saturated heterocycles. The molecule has 0 bridgehead atoms. The van der Waals surface area contributed by atoms with Crippen molar-refractivity contribution in [2.45, 2.75) is 6.92 Å². The van der Waals surface area contributed by atoms with Crippen LogP contribution in [0.1, 0.15) is 6.92 Å². The minimum atomic E-state index is -0.598. The molecule has 0 rings (SSSR count). The van der Waals surface area contributed by atoms with Gasteiger partial charge in [0.15, 0.2) is 10.2 Å². The first kappa shape index (κ1) is 13.8. The lowest BCUT2D eigenvalue weighted by Crippen LogP contribution is -2.51. The van der Waals surface area contributed by atoms with E-state index in [0.29, 0.717) is 11.7 Å². The van der Waals surface area contributed by atoms with Crippen molar-refractivity contribution >= 4 is 40.8 Å². The highest BCUT2D eigenvalue weighted by Gasteiger charge is 2.07. The van der Waals surface area contributed by atoms with Gasteiger partial charge in [0.1, 0.15) is 0 Å². The van der Waals surface area contributed by atoms with Crippen LogP contribution >= 0.6 is 24.4 Å². The third-order valence-corrected chi connectivity index (χ3v) is 1.95. The maximum atomic E-state index is 10.9. The second kappa shape index (κ2) is 7.18. The molecule has 0 fully saturated rings. The Morgan fingerprint density at radius 2 is 2.07 bits per heavy atom. The third-order valence-electron chi connectivity index (χ3n) is 1.28. The van der Waals surface area contributed by atoms with Crippen LogP contribution in [0.15, 0.2) is 0 Å². The van der Waals surface area contributed by atoms with E-state index < -0.39 is 6.09 Å². The zero-order valence-corrected chi connectivity index (χ0v) is 10.4. The quantitative estimate of drug-likeness (QED) is 0.446. The molecule has 0 heterocycles. The number of ether oxygens (including phenoxy) is 1. The van der Waals surface area contributed by atoms with Crippen LogP contribution in [0, 0.1) is 0 Å². The maximum Gasteiger partial charge on any atom is 0.413 e. The highest BCUT2D eigenvalue weighted by molar-refractivity contribution is 7.80. The molecule has 86 valence electrons. The Hall–Kier alpha value is -1.15. The first-order chi connectivity index (χ1) is 7.01. The number of carbonyl (C=O) groups is 1. The molecule has 15 heavy (non-hydrogen) atoms. The van der Waals surface area contributed by atoms with Crippen LogP contribution in [0.3, 0.4) is 0 Å². The average Bonchev–Trinajstić information content (AvgIpc) is 2.16. The number of amides is 1. The van der Waals surface area contributed by atoms with E-state index in [-0.39, 0.29) is 5.11 Å². The van der Waals surface area contributed by atoms with Crippen molar-refractivity contribution in [3.63, 3.8) is 0 Å². The topological polar surface area (TPSA) is 65.6 Å². The molecule has 8 heteroatoms. The molecule has 0 radical (unpaired) electrons. The number of rotatable bonds is 1. The molecule has 0 saturated carbocycles. The molecular weight excluding hydrogens is 236 g/mol. The van der Waals surface area contributed by atoms with Crippen LogP contribution in [0.25, 0.3) is 0 Å². The SMILES string of the molecule is CCOC(=O)NC(=S)NN(C)C(=S)NC. The lowest BCUT2D eigenvalue weighted by atomic mass is 10.8. The van der Waals surface area contributed by atoms with Crippen LogP contribution in [0.4, 0.5) is 4.79 Å². The number of alkyl carbamates (subject to hydrolysis) is 1. The van der Waals surface area contributed by atoms with E-state index >= 15 is 0 Å². The number of hydrogen-bond donors (Lipinski definition) is 3. The Balaban J connectivity index is 3.93. The van der Waals surface area contributed by atoms with Crippen LogP contribution in [0.2, 0.25) is 0 Å². The summed E-state index contributed by atoms with van der Waals surface area (Å²) in [7, 11) is 3.35. The minimum Gasteiger partial charge on any atom is -0.450 e. The summed E-state index contributed by atoms with van der Waals surface area (Å²) in [5.41, 5.74) is 2.67. The summed E-state index contributed by atoms with van der Waals surface area (Å²) in [5, 5.41) is 7.09. The van der Waals surface area contributed by atoms with E-state index in [4.69, 9.17) is 24.4 Å². The van der Waals surface area contributed by atoms with Gasteiger partial charge in [0.05, 0.1) is 6.61 Å². The van der Waals surface area contributed by atoms with Gasteiger partial charge in [-0.25, -0.2) is 4.79 Å². The van der Waals surface area contributed by atoms with Crippen molar-refractivity contribution in [3.8, 4) is 0 Å². The van der Waals surface area contributed by atoms with E-state index in [1.165, 1.54) is 5.01 Å². The van der Waals surface area contributed by atoms with Crippen molar-refractivity contribution in [1.29, 1.82) is 0 Å². The van der Waals surface area contributed by atoms with E-state index in [2.05, 4.69) is 20.8 Å². The van der Waals surface area contributed by atoms with Gasteiger partial charge >= 0.3 is 6.09 Å². The molecule has 0 spiro atoms. The van der Waals surface area contributed by atoms with Crippen LogP contribution in [-0.4, -0.2) is 42.0 Å². The average molecular weight is 250 g/mol. The maximum absolute atomic E-state index is 10.9. The van der Waals surface area contributed by atoms with E-state index in [1.807, 2.05) is 0 Å². The monoisotopic (exact) mass is 250 g/mol. The fourth-order valence-corrected chi connectivity index (χ4v) is 0.925. The number of thiocarbonyl (C=S) groups is 2. The predicted molar refractivity (Wildman–Crippen MR) is 65.3 cm³/mol. The van der Waals surface area contributed by atoms with Gasteiger partial charge < -0.3 is 10.1 Å². The number of hydrazine groups is 1. The summed E-state index contributed by atoms with van der Waals surface area (Å²) < 4.78 is 4.64. The van der Waals surface area contributed by atoms with E-state index in [0.717, 1.165) is 0 Å². The van der Waals surface area contributed by atoms with Crippen molar-refractivity contribution in [1.82, 2.24) is 21.1 Å². The molecule has 0 aliphatic rings. The molecule has 0 aromatic rings. The van der Waals surface area contributed by atoms with Crippen LogP contribution < -0.4 is 16.1 Å². The summed E-state index contributed by atoms with van der Waals surface area (Å²) >= 11 is 9.75. The standard InChI is InChI=1S/C7H14N4O2S2/c1-4-13-7(12)9-5(14)10-11(3)6(15)8-2/h4H2,1-3H3,(H,8,15)(H2,9,10,12,14). The Kier molecular flexibility index (Phi) is 6.63. The number of nitrogens with zero attached hydrogens (tertiary/aromatic N) is 1. The van der Waals surface area contributed by atoms with E-state index in [1.54, 1.807) is 21.0 Å². The minimum absolute atomic E-state index is 0.119. The van der Waals surface area contributed by atoms with Gasteiger partial charge in [0.25, 0.3) is 0 Å². The summed E-state index contributed by atoms with van der Waals surface area (Å²) in [6.45, 7) is 2.00. The van der Waals surface area contributed by atoms with Crippen molar-refractivity contribution in [3.05, 3.63) is 0 Å². The number of carbonyl (C=O) groups excluding carboxylic acids is 1. The van der Waals surface area contributed by atoms with Gasteiger partial charge in [0, 0.05) is 14.1 Å². The first-order valence-electron chi connectivity index (χ1n) is 4.21. The van der Waals surface area contributed by atoms with Gasteiger partial charge in [-0.1, -0.05) is 0 Å². The summed E-state index contributed by atoms with van der Waals surface area (Å²) in [6.07, 6.45) is -0.598. The van der Waals surface area contributed by atoms with Crippen molar-refractivity contribution in [2.75, 3.05) is 20.7 Å². The highest BCUT2D eigenvalue weighted by Crippen LogP contribution is 1.81. The molecule has 0 aromatic heterocycles. The molecular formula is C7H14N4O2S2. The van der Waals surface area contributed by atoms with Crippen LogP contribution in [-0.2, 0) is 4.74 Å². The number of nitrogens with one attached hydrogen (secondary N) is 3. The zero-order chi connectivity index (χ0) is 11.8. The van der Waals surface area contributed by atoms with Crippen molar-refractivity contribution in [2.24, 2.45) is 0 Å². The first-order valence-corrected chi connectivity index (χ1v) is 5.02. The molecule has 0 atom stereocenters. The zero-order valence-electron chi connectivity index (χ0n) is 8.79. The smallest absolute Gasteiger partial charge is 0.413 e. The lowest BCUT2D eigenvalue weighted by molar-refractivity contribution is 0.157. The molecule has 1 amide bonds. The van der Waals surface area contributed by atoms with Gasteiger partial charge in [-0.3, -0.25) is 15.8 Å². The van der Waals surface area contributed by atoms with E-state index in [9.17, 15) is 4.79 Å². The largest absolute Gasteiger partial charge is 0.450 e. The van der Waals surface area contributed by atoms with Crippen LogP contribution in [0.5, 0.6) is 0 Å². The molecule has 0 aromatic carbocycles. The Bertz CT molecular complexity index is 259. The fraction of sp³-hybridized carbons (Fsp3) is 0.571. The summed E-state index contributed by atoms with van der Waals surface area (Å²) in [5.74, 6) is 0. The van der Waals surface area contributed by atoms with Gasteiger partial charge in [0.2, 0.25) is 0 Å². The molecule has 6 nitrogen and oxygen atoms in total. The second-order valence-electron chi connectivity index (χ2n) is 2.40. The highest BCUT2D eigenvalue weighted by atomic mass is 32.1. The van der Waals surface area contributed by atoms with Gasteiger partial charge in [-0.2, -0.15) is 0 Å². The predicted octanol–water partition coefficient (Wildman–Crippen LogP) is -0.0419. The Morgan fingerprint density at radius 3 is 2.53 bits per heavy atom. The Morgan fingerprint density at radius 1 is 1.47 bits per heavy atom. The van der Waals surface area contributed by atoms with Gasteiger partial charge in [-0.15, -0.1) is 0 Å². The molecule has 3 N–H and O–H groups in total. The molecule has 0 aliphatic heterocycles. The normalized spacial score (nSPS) is 8.73. The fourth-order valence-electron chi connectivity index (χ4n) is 0.659. The summed E-state index contributed by atoms with van der Waals surface area (Å²) in [4.78, 5) is 10.9. The molecule has 0 unspecified atom stereocenters. The van der Waals surface area contributed by atoms with Crippen molar-refractivity contribution < 1.29 is 9.53 Å². The second-order valence-corrected chi connectivity index (χ2v) is 3.20. The third kappa shape index (κ3) is 6.02. The Labute approximate surface area is 99.3 Å². The number of hydrogen-bond acceptors (Lipinski definition) is 4. The summed E-state index contributed by atoms with van der Waals surface area (Å²) in [6, 6.07) is 0. The van der Waals surface area contributed by atoms with Gasteiger partial charge in [-0.05, 0) is 31.4 Å². The molecule has 0 aliphatic carbocycles. The lowest BCUT2D eigenvalue weighted by Gasteiger charge is -2.21.